The number of hydrogen-bond donors (Lipinski definition) is 0. The average Bonchev–Trinajstić information content (AvgIpc) is 2.10. The molecule has 0 saturated heterocycles. The maximum atomic E-state index is 12.9. The zero-order valence-corrected chi connectivity index (χ0v) is 7.81. The Labute approximate surface area is 80.8 Å². The zero-order chi connectivity index (χ0) is 9.84. The molecule has 0 fully saturated rings. The van der Waals surface area contributed by atoms with E-state index in [2.05, 4.69) is 0 Å². The molecule has 0 radical (unpaired) electrons. The van der Waals surface area contributed by atoms with Crippen LogP contribution in [0.3, 0.4) is 0 Å². The van der Waals surface area contributed by atoms with Crippen LogP contribution in [0, 0.1) is 5.82 Å². The lowest BCUT2D eigenvalue weighted by molar-refractivity contribution is 0.104. The van der Waals surface area contributed by atoms with E-state index in [0.717, 1.165) is 0 Å². The molecule has 0 heterocycles. The van der Waals surface area contributed by atoms with E-state index < -0.39 is 5.82 Å². The first-order chi connectivity index (χ1) is 6.16. The van der Waals surface area contributed by atoms with E-state index in [1.807, 2.05) is 0 Å². The van der Waals surface area contributed by atoms with Gasteiger partial charge in [-0.15, -0.1) is 0 Å². The first-order valence-electron chi connectivity index (χ1n) is 3.78. The zero-order valence-electron chi connectivity index (χ0n) is 7.05. The van der Waals surface area contributed by atoms with Crippen molar-refractivity contribution < 1.29 is 9.18 Å². The molecule has 0 unspecified atom stereocenters. The highest BCUT2D eigenvalue weighted by atomic mass is 35.5. The van der Waals surface area contributed by atoms with Gasteiger partial charge in [-0.25, -0.2) is 4.39 Å². The normalized spacial score (nSPS) is 10.7. The molecule has 0 saturated carbocycles. The Bertz CT molecular complexity index is 358. The molecular formula is C10H8ClFO. The summed E-state index contributed by atoms with van der Waals surface area (Å²) >= 11 is 5.59. The summed E-state index contributed by atoms with van der Waals surface area (Å²) < 4.78 is 12.9. The standard InChI is InChI=1S/C10H8ClFO/c1-2-4-9(13)7-5-3-6-8(12)10(7)11/h2-6H,1H3/b4-2+. The summed E-state index contributed by atoms with van der Waals surface area (Å²) in [6.07, 6.45) is 2.93. The van der Waals surface area contributed by atoms with Gasteiger partial charge in [0.15, 0.2) is 5.78 Å². The summed E-state index contributed by atoms with van der Waals surface area (Å²) in [5.41, 5.74) is 0.194. The SMILES string of the molecule is C/C=C/C(=O)c1cccc(F)c1Cl. The van der Waals surface area contributed by atoms with Gasteiger partial charge in [-0.3, -0.25) is 4.79 Å². The molecule has 0 N–H and O–H groups in total. The van der Waals surface area contributed by atoms with E-state index >= 15 is 0 Å². The largest absolute Gasteiger partial charge is 0.289 e. The molecule has 0 aliphatic carbocycles. The van der Waals surface area contributed by atoms with Crippen LogP contribution in [0.1, 0.15) is 17.3 Å². The van der Waals surface area contributed by atoms with Gasteiger partial charge in [-0.2, -0.15) is 0 Å². The molecule has 0 atom stereocenters. The molecule has 1 rings (SSSR count). The van der Waals surface area contributed by atoms with Crippen LogP contribution in [-0.2, 0) is 0 Å². The molecule has 68 valence electrons. The fourth-order valence-electron chi connectivity index (χ4n) is 0.935. The van der Waals surface area contributed by atoms with Gasteiger partial charge in [0.05, 0.1) is 5.02 Å². The summed E-state index contributed by atoms with van der Waals surface area (Å²) in [6, 6.07) is 4.17. The van der Waals surface area contributed by atoms with E-state index in [0.29, 0.717) is 0 Å². The number of hydrogen-bond acceptors (Lipinski definition) is 1. The molecule has 0 amide bonds. The summed E-state index contributed by atoms with van der Waals surface area (Å²) in [6.45, 7) is 1.71. The first kappa shape index (κ1) is 9.93. The van der Waals surface area contributed by atoms with Crippen molar-refractivity contribution in [3.8, 4) is 0 Å². The van der Waals surface area contributed by atoms with E-state index in [4.69, 9.17) is 11.6 Å². The number of ketones is 1. The molecule has 1 aromatic carbocycles. The van der Waals surface area contributed by atoms with Crippen molar-refractivity contribution in [1.82, 2.24) is 0 Å². The number of carbonyl (C=O) groups excluding carboxylic acids is 1. The van der Waals surface area contributed by atoms with Gasteiger partial charge in [0.25, 0.3) is 0 Å². The topological polar surface area (TPSA) is 17.1 Å². The number of halogens is 2. The van der Waals surface area contributed by atoms with Gasteiger partial charge in [0.1, 0.15) is 5.82 Å². The third-order valence-corrected chi connectivity index (χ3v) is 1.92. The third kappa shape index (κ3) is 2.16. The fourth-order valence-corrected chi connectivity index (χ4v) is 1.15. The molecule has 1 aromatic rings. The van der Waals surface area contributed by atoms with Gasteiger partial charge in [-0.05, 0) is 25.1 Å². The van der Waals surface area contributed by atoms with Crippen LogP contribution < -0.4 is 0 Å². The Kier molecular flexibility index (Phi) is 3.20. The van der Waals surface area contributed by atoms with Gasteiger partial charge in [0, 0.05) is 5.56 Å². The summed E-state index contributed by atoms with van der Waals surface area (Å²) in [4.78, 5) is 11.3. The van der Waals surface area contributed by atoms with Crippen LogP contribution in [0.15, 0.2) is 30.4 Å². The fraction of sp³-hybridized carbons (Fsp3) is 0.100. The lowest BCUT2D eigenvalue weighted by Crippen LogP contribution is -1.96. The second-order valence-corrected chi connectivity index (χ2v) is 2.84. The lowest BCUT2D eigenvalue weighted by Gasteiger charge is -1.99. The van der Waals surface area contributed by atoms with E-state index in [9.17, 15) is 9.18 Å². The minimum atomic E-state index is -0.572. The maximum Gasteiger partial charge on any atom is 0.187 e. The lowest BCUT2D eigenvalue weighted by atomic mass is 10.1. The molecule has 3 heteroatoms. The number of allylic oxidation sites excluding steroid dienone is 2. The van der Waals surface area contributed by atoms with Crippen LogP contribution in [0.25, 0.3) is 0 Å². The van der Waals surface area contributed by atoms with Crippen LogP contribution in [0.4, 0.5) is 4.39 Å². The van der Waals surface area contributed by atoms with Crippen molar-refractivity contribution in [2.24, 2.45) is 0 Å². The molecule has 0 bridgehead atoms. The molecule has 0 spiro atoms. The van der Waals surface area contributed by atoms with E-state index in [1.165, 1.54) is 24.3 Å². The Morgan fingerprint density at radius 1 is 1.54 bits per heavy atom. The second kappa shape index (κ2) is 4.19. The van der Waals surface area contributed by atoms with Gasteiger partial charge in [0.2, 0.25) is 0 Å². The minimum absolute atomic E-state index is 0.120. The van der Waals surface area contributed by atoms with Crippen LogP contribution in [-0.4, -0.2) is 5.78 Å². The maximum absolute atomic E-state index is 12.9. The highest BCUT2D eigenvalue weighted by Crippen LogP contribution is 2.20. The predicted molar refractivity (Wildman–Crippen MR) is 50.6 cm³/mol. The van der Waals surface area contributed by atoms with Crippen molar-refractivity contribution >= 4 is 17.4 Å². The summed E-state index contributed by atoms with van der Waals surface area (Å²) in [5, 5.41) is -0.120. The minimum Gasteiger partial charge on any atom is -0.289 e. The molecule has 13 heavy (non-hydrogen) atoms. The highest BCUT2D eigenvalue weighted by Gasteiger charge is 2.09. The first-order valence-corrected chi connectivity index (χ1v) is 4.15. The number of carbonyl (C=O) groups is 1. The van der Waals surface area contributed by atoms with E-state index in [1.54, 1.807) is 13.0 Å². The van der Waals surface area contributed by atoms with Crippen LogP contribution in [0.2, 0.25) is 5.02 Å². The number of benzene rings is 1. The highest BCUT2D eigenvalue weighted by molar-refractivity contribution is 6.34. The number of rotatable bonds is 2. The van der Waals surface area contributed by atoms with Gasteiger partial charge < -0.3 is 0 Å². The van der Waals surface area contributed by atoms with Crippen LogP contribution >= 0.6 is 11.6 Å². The van der Waals surface area contributed by atoms with E-state index in [-0.39, 0.29) is 16.4 Å². The monoisotopic (exact) mass is 198 g/mol. The Morgan fingerprint density at radius 3 is 2.85 bits per heavy atom. The van der Waals surface area contributed by atoms with Crippen molar-refractivity contribution in [3.63, 3.8) is 0 Å². The smallest absolute Gasteiger partial charge is 0.187 e. The molecule has 0 aliphatic heterocycles. The quantitative estimate of drug-likeness (QED) is 0.527. The van der Waals surface area contributed by atoms with Crippen LogP contribution in [0.5, 0.6) is 0 Å². The second-order valence-electron chi connectivity index (χ2n) is 2.47. The van der Waals surface area contributed by atoms with Crippen molar-refractivity contribution in [2.75, 3.05) is 0 Å². The van der Waals surface area contributed by atoms with Crippen molar-refractivity contribution in [3.05, 3.63) is 46.8 Å². The Morgan fingerprint density at radius 2 is 2.23 bits per heavy atom. The molecule has 1 nitrogen and oxygen atoms in total. The molecule has 0 aliphatic rings. The third-order valence-electron chi connectivity index (χ3n) is 1.54. The van der Waals surface area contributed by atoms with Crippen molar-refractivity contribution in [1.29, 1.82) is 0 Å². The van der Waals surface area contributed by atoms with Crippen molar-refractivity contribution in [2.45, 2.75) is 6.92 Å². The Hall–Kier alpha value is -1.15. The Balaban J connectivity index is 3.15. The van der Waals surface area contributed by atoms with Gasteiger partial charge >= 0.3 is 0 Å². The average molecular weight is 199 g/mol. The predicted octanol–water partition coefficient (Wildman–Crippen LogP) is 3.24. The molecule has 0 aromatic heterocycles. The summed E-state index contributed by atoms with van der Waals surface area (Å²) in [5.74, 6) is -0.857. The van der Waals surface area contributed by atoms with Gasteiger partial charge in [-0.1, -0.05) is 23.7 Å². The molecular weight excluding hydrogens is 191 g/mol. The summed E-state index contributed by atoms with van der Waals surface area (Å²) in [7, 11) is 0.